The Balaban J connectivity index is 1.96. The van der Waals surface area contributed by atoms with E-state index in [0.717, 1.165) is 44.9 Å². The van der Waals surface area contributed by atoms with Crippen LogP contribution in [0.4, 0.5) is 4.79 Å². The van der Waals surface area contributed by atoms with Crippen LogP contribution in [0, 0.1) is 5.92 Å². The first-order valence-electron chi connectivity index (χ1n) is 7.85. The molecular formula is C15H26N2O3. The average molecular weight is 282 g/mol. The van der Waals surface area contributed by atoms with Crippen molar-refractivity contribution in [3.05, 3.63) is 0 Å². The second-order valence-electron chi connectivity index (χ2n) is 6.41. The van der Waals surface area contributed by atoms with Crippen molar-refractivity contribution in [3.8, 4) is 0 Å². The minimum Gasteiger partial charge on any atom is -0.480 e. The highest BCUT2D eigenvalue weighted by Gasteiger charge is 2.40. The van der Waals surface area contributed by atoms with E-state index in [2.05, 4.69) is 17.6 Å². The Morgan fingerprint density at radius 3 is 2.20 bits per heavy atom. The zero-order valence-electron chi connectivity index (χ0n) is 12.3. The maximum Gasteiger partial charge on any atom is 0.329 e. The number of carboxylic acids is 1. The Morgan fingerprint density at radius 2 is 1.70 bits per heavy atom. The summed E-state index contributed by atoms with van der Waals surface area (Å²) >= 11 is 0. The molecule has 2 amide bonds. The molecule has 2 rings (SSSR count). The number of carboxylic acid groups (broad SMARTS) is 1. The van der Waals surface area contributed by atoms with E-state index in [-0.39, 0.29) is 12.1 Å². The lowest BCUT2D eigenvalue weighted by molar-refractivity contribution is -0.145. The standard InChI is InChI=1S/C15H26N2O3/c1-11-7-6-8-12(11)16-14(20)17-15(13(18)19)9-4-2-3-5-10-15/h11-12H,2-10H2,1H3,(H,18,19)(H2,16,17,20). The SMILES string of the molecule is CC1CCCC1NC(=O)NC1(C(=O)O)CCCCCC1. The quantitative estimate of drug-likeness (QED) is 0.696. The Kier molecular flexibility index (Phi) is 4.89. The van der Waals surface area contributed by atoms with Crippen LogP contribution in [0.3, 0.4) is 0 Å². The highest BCUT2D eigenvalue weighted by Crippen LogP contribution is 2.28. The molecular weight excluding hydrogens is 256 g/mol. The predicted octanol–water partition coefficient (Wildman–Crippen LogP) is 2.65. The lowest BCUT2D eigenvalue weighted by Gasteiger charge is -2.30. The average Bonchev–Trinajstić information content (AvgIpc) is 2.66. The largest absolute Gasteiger partial charge is 0.480 e. The molecule has 0 aromatic rings. The van der Waals surface area contributed by atoms with Crippen LogP contribution in [0.1, 0.15) is 64.7 Å². The van der Waals surface area contributed by atoms with E-state index in [1.54, 1.807) is 0 Å². The number of rotatable bonds is 3. The first-order chi connectivity index (χ1) is 9.53. The zero-order chi connectivity index (χ0) is 14.6. The van der Waals surface area contributed by atoms with Crippen molar-refractivity contribution in [2.24, 2.45) is 5.92 Å². The van der Waals surface area contributed by atoms with Crippen LogP contribution >= 0.6 is 0 Å². The minimum atomic E-state index is -1.07. The molecule has 5 heteroatoms. The van der Waals surface area contributed by atoms with Crippen LogP contribution in [0.2, 0.25) is 0 Å². The van der Waals surface area contributed by atoms with Crippen LogP contribution in [0.5, 0.6) is 0 Å². The third kappa shape index (κ3) is 3.44. The van der Waals surface area contributed by atoms with Gasteiger partial charge in [-0.15, -0.1) is 0 Å². The molecule has 3 N–H and O–H groups in total. The minimum absolute atomic E-state index is 0.187. The Labute approximate surface area is 120 Å². The molecule has 5 nitrogen and oxygen atoms in total. The highest BCUT2D eigenvalue weighted by molar-refractivity contribution is 5.86. The van der Waals surface area contributed by atoms with Gasteiger partial charge in [0.1, 0.15) is 5.54 Å². The summed E-state index contributed by atoms with van der Waals surface area (Å²) in [6, 6.07) is -0.125. The number of urea groups is 1. The predicted molar refractivity (Wildman–Crippen MR) is 76.5 cm³/mol. The molecule has 0 aromatic carbocycles. The second kappa shape index (κ2) is 6.46. The van der Waals surface area contributed by atoms with Gasteiger partial charge in [-0.1, -0.05) is 39.0 Å². The molecule has 0 heterocycles. The van der Waals surface area contributed by atoms with Crippen LogP contribution in [-0.2, 0) is 4.79 Å². The summed E-state index contributed by atoms with van der Waals surface area (Å²) in [5, 5.41) is 15.3. The van der Waals surface area contributed by atoms with Crippen molar-refractivity contribution in [2.45, 2.75) is 76.3 Å². The Hall–Kier alpha value is -1.26. The first kappa shape index (κ1) is 15.1. The molecule has 0 spiro atoms. The fourth-order valence-electron chi connectivity index (χ4n) is 3.51. The van der Waals surface area contributed by atoms with E-state index in [1.165, 1.54) is 0 Å². The Morgan fingerprint density at radius 1 is 1.05 bits per heavy atom. The summed E-state index contributed by atoms with van der Waals surface area (Å²) in [4.78, 5) is 23.8. The van der Waals surface area contributed by atoms with Gasteiger partial charge in [-0.05, 0) is 31.6 Å². The lowest BCUT2D eigenvalue weighted by Crippen LogP contribution is -2.58. The smallest absolute Gasteiger partial charge is 0.329 e. The van der Waals surface area contributed by atoms with E-state index in [4.69, 9.17) is 0 Å². The van der Waals surface area contributed by atoms with E-state index in [1.807, 2.05) is 0 Å². The summed E-state index contributed by atoms with van der Waals surface area (Å²) in [6.07, 6.45) is 8.18. The van der Waals surface area contributed by atoms with Gasteiger partial charge in [0, 0.05) is 6.04 Å². The molecule has 2 aliphatic rings. The fraction of sp³-hybridized carbons (Fsp3) is 0.867. The summed E-state index contributed by atoms with van der Waals surface area (Å²) in [7, 11) is 0. The molecule has 2 atom stereocenters. The van der Waals surface area contributed by atoms with Crippen LogP contribution < -0.4 is 10.6 Å². The highest BCUT2D eigenvalue weighted by atomic mass is 16.4. The van der Waals surface area contributed by atoms with Crippen LogP contribution in [0.15, 0.2) is 0 Å². The first-order valence-corrected chi connectivity index (χ1v) is 7.85. The second-order valence-corrected chi connectivity index (χ2v) is 6.41. The summed E-state index contributed by atoms with van der Waals surface area (Å²) in [5.74, 6) is -0.412. The summed E-state index contributed by atoms with van der Waals surface area (Å²) in [5.41, 5.74) is -1.07. The van der Waals surface area contributed by atoms with Gasteiger partial charge >= 0.3 is 12.0 Å². The number of hydrogen-bond donors (Lipinski definition) is 3. The van der Waals surface area contributed by atoms with Crippen LogP contribution in [-0.4, -0.2) is 28.7 Å². The number of carbonyl (C=O) groups is 2. The topological polar surface area (TPSA) is 78.4 Å². The molecule has 2 saturated carbocycles. The van der Waals surface area contributed by atoms with Gasteiger partial charge in [0.05, 0.1) is 0 Å². The van der Waals surface area contributed by atoms with Crippen molar-refractivity contribution in [1.29, 1.82) is 0 Å². The van der Waals surface area contributed by atoms with Crippen molar-refractivity contribution >= 4 is 12.0 Å². The van der Waals surface area contributed by atoms with E-state index in [9.17, 15) is 14.7 Å². The van der Waals surface area contributed by atoms with Crippen molar-refractivity contribution in [3.63, 3.8) is 0 Å². The normalized spacial score (nSPS) is 29.4. The van der Waals surface area contributed by atoms with Gasteiger partial charge in [0.2, 0.25) is 0 Å². The van der Waals surface area contributed by atoms with Crippen molar-refractivity contribution in [1.82, 2.24) is 10.6 Å². The third-order valence-corrected chi connectivity index (χ3v) is 4.90. The molecule has 0 bridgehead atoms. The van der Waals surface area contributed by atoms with Crippen molar-refractivity contribution < 1.29 is 14.7 Å². The van der Waals surface area contributed by atoms with Gasteiger partial charge in [-0.3, -0.25) is 0 Å². The van der Waals surface area contributed by atoms with E-state index in [0.29, 0.717) is 18.8 Å². The molecule has 20 heavy (non-hydrogen) atoms. The molecule has 2 fully saturated rings. The molecule has 2 unspecified atom stereocenters. The van der Waals surface area contributed by atoms with E-state index >= 15 is 0 Å². The molecule has 0 saturated heterocycles. The lowest BCUT2D eigenvalue weighted by atomic mass is 9.90. The maximum atomic E-state index is 12.1. The molecule has 0 radical (unpaired) electrons. The monoisotopic (exact) mass is 282 g/mol. The van der Waals surface area contributed by atoms with Gasteiger partial charge in [0.25, 0.3) is 0 Å². The Bertz CT molecular complexity index is 362. The number of amides is 2. The molecule has 0 aromatic heterocycles. The number of carbonyl (C=O) groups excluding carboxylic acids is 1. The van der Waals surface area contributed by atoms with E-state index < -0.39 is 11.5 Å². The third-order valence-electron chi connectivity index (χ3n) is 4.90. The van der Waals surface area contributed by atoms with Crippen LogP contribution in [0.25, 0.3) is 0 Å². The number of aliphatic carboxylic acids is 1. The maximum absolute atomic E-state index is 12.1. The zero-order valence-corrected chi connectivity index (χ0v) is 12.3. The number of nitrogens with one attached hydrogen (secondary N) is 2. The van der Waals surface area contributed by atoms with Gasteiger partial charge in [-0.25, -0.2) is 9.59 Å². The molecule has 114 valence electrons. The fourth-order valence-corrected chi connectivity index (χ4v) is 3.51. The van der Waals surface area contributed by atoms with Gasteiger partial charge in [0.15, 0.2) is 0 Å². The molecule has 2 aliphatic carbocycles. The van der Waals surface area contributed by atoms with Gasteiger partial charge in [-0.2, -0.15) is 0 Å². The summed E-state index contributed by atoms with van der Waals surface area (Å²) in [6.45, 7) is 2.14. The van der Waals surface area contributed by atoms with Gasteiger partial charge < -0.3 is 15.7 Å². The number of hydrogen-bond acceptors (Lipinski definition) is 2. The van der Waals surface area contributed by atoms with Crippen molar-refractivity contribution in [2.75, 3.05) is 0 Å². The molecule has 0 aliphatic heterocycles. The summed E-state index contributed by atoms with van der Waals surface area (Å²) < 4.78 is 0.